The molecule has 0 aromatic rings. The van der Waals surface area contributed by atoms with Crippen LogP contribution in [0, 0.1) is 0 Å². The Morgan fingerprint density at radius 1 is 0.300 bits per heavy atom. The van der Waals surface area contributed by atoms with Crippen molar-refractivity contribution in [1.29, 1.82) is 0 Å². The van der Waals surface area contributed by atoms with Crippen LogP contribution in [0.25, 0.3) is 0 Å². The Morgan fingerprint density at radius 2 is 0.600 bits per heavy atom. The molecule has 520 valence electrons. The molecule has 4 amide bonds. The third-order valence-electron chi connectivity index (χ3n) is 16.4. The molecular formula is C51H86N4O35. The van der Waals surface area contributed by atoms with Crippen molar-refractivity contribution in [2.24, 2.45) is 0 Å². The van der Waals surface area contributed by atoms with E-state index in [4.69, 9.17) is 61.6 Å². The average Bonchev–Trinajstić information content (AvgIpc) is 0.859. The number of rotatable bonds is 23. The normalized spacial score (nSPS) is 47.6. The molecule has 7 aliphatic rings. The zero-order chi connectivity index (χ0) is 66.5. The van der Waals surface area contributed by atoms with Gasteiger partial charge in [-0.05, 0) is 6.92 Å². The summed E-state index contributed by atoms with van der Waals surface area (Å²) in [7, 11) is 0. The lowest BCUT2D eigenvalue weighted by atomic mass is 9.92. The Morgan fingerprint density at radius 3 is 1.02 bits per heavy atom. The molecule has 7 saturated heterocycles. The van der Waals surface area contributed by atoms with Crippen LogP contribution in [-0.2, 0) is 80.8 Å². The fraction of sp³-hybridized carbons (Fsp3) is 0.922. The highest BCUT2D eigenvalue weighted by molar-refractivity contribution is 5.74. The fourth-order valence-corrected chi connectivity index (χ4v) is 11.7. The quantitative estimate of drug-likeness (QED) is 0.0452. The van der Waals surface area contributed by atoms with Gasteiger partial charge in [0.1, 0.15) is 165 Å². The van der Waals surface area contributed by atoms with Crippen LogP contribution in [-0.4, -0.2) is 376 Å². The van der Waals surface area contributed by atoms with Gasteiger partial charge in [0.15, 0.2) is 37.7 Å². The summed E-state index contributed by atoms with van der Waals surface area (Å²) in [6.07, 6.45) is -59.7. The maximum atomic E-state index is 12.8. The minimum absolute atomic E-state index is 0.591. The van der Waals surface area contributed by atoms with E-state index in [1.54, 1.807) is 0 Å². The van der Waals surface area contributed by atoms with E-state index in [0.29, 0.717) is 0 Å². The molecule has 7 rings (SSSR count). The van der Waals surface area contributed by atoms with Crippen LogP contribution < -0.4 is 21.3 Å². The zero-order valence-corrected chi connectivity index (χ0v) is 49.1. The Hall–Kier alpha value is -3.36. The van der Waals surface area contributed by atoms with Gasteiger partial charge in [0.2, 0.25) is 23.6 Å². The Balaban J connectivity index is 1.25. The largest absolute Gasteiger partial charge is 0.394 e. The molecule has 15 unspecified atom stereocenters. The molecule has 35 atom stereocenters. The van der Waals surface area contributed by atoms with Crippen LogP contribution in [0.5, 0.6) is 0 Å². The van der Waals surface area contributed by atoms with E-state index in [9.17, 15) is 111 Å². The maximum Gasteiger partial charge on any atom is 0.217 e. The average molecular weight is 1320 g/mol. The van der Waals surface area contributed by atoms with Crippen molar-refractivity contribution in [3.63, 3.8) is 0 Å². The summed E-state index contributed by atoms with van der Waals surface area (Å²) < 4.78 is 77.4. The summed E-state index contributed by atoms with van der Waals surface area (Å²) in [5.74, 6) is -3.06. The van der Waals surface area contributed by atoms with Gasteiger partial charge in [-0.25, -0.2) is 0 Å². The van der Waals surface area contributed by atoms with Crippen LogP contribution in [0.2, 0.25) is 0 Å². The molecule has 7 fully saturated rings. The smallest absolute Gasteiger partial charge is 0.217 e. The lowest BCUT2D eigenvalue weighted by Crippen LogP contribution is -2.70. The SMILES string of the molecule is CC(=O)NC1C(O)[C@H](O)[C@H](CO)O[C@H]1OC1[C@@H](OCC2O[C@@H](O[C@@H]3C(CO)O[C@@H](O[C@@H]4C(CO)O[C@@H](C)[C@@H](NC(C)=O)C4O)[C@@H](NC(C)=O)C3O)[C@H](O)C(O[C@H]3OC(CO)[C@@H](O)C(O)C3O[C@@H]3OC(CO)[C@@H](O)[C@H](O)C3NC(C)=O)[C@@H]2O)OC(CO)[C@@H](O)[C@@H]1O. The van der Waals surface area contributed by atoms with E-state index < -0.39 is 284 Å². The summed E-state index contributed by atoms with van der Waals surface area (Å²) in [6, 6.07) is -6.32. The molecule has 0 radical (unpaired) electrons. The second-order valence-electron chi connectivity index (χ2n) is 22.9. The van der Waals surface area contributed by atoms with Crippen molar-refractivity contribution < 1.29 is 173 Å². The highest BCUT2D eigenvalue weighted by atomic mass is 16.8. The van der Waals surface area contributed by atoms with Gasteiger partial charge >= 0.3 is 0 Å². The molecular weight excluding hydrogens is 1230 g/mol. The van der Waals surface area contributed by atoms with Crippen LogP contribution in [0.1, 0.15) is 34.6 Å². The fourth-order valence-electron chi connectivity index (χ4n) is 11.7. The summed E-state index contributed by atoms with van der Waals surface area (Å²) in [6.45, 7) is -1.24. The second kappa shape index (κ2) is 32.4. The van der Waals surface area contributed by atoms with Crippen molar-refractivity contribution in [1.82, 2.24) is 21.3 Å². The van der Waals surface area contributed by atoms with Crippen molar-refractivity contribution in [3.05, 3.63) is 0 Å². The Bertz CT molecular complexity index is 2310. The minimum Gasteiger partial charge on any atom is -0.394 e. The summed E-state index contributed by atoms with van der Waals surface area (Å²) >= 11 is 0. The van der Waals surface area contributed by atoms with E-state index in [1.807, 2.05) is 0 Å². The van der Waals surface area contributed by atoms with Gasteiger partial charge in [-0.2, -0.15) is 0 Å². The number of nitrogens with one attached hydrogen (secondary N) is 4. The maximum absolute atomic E-state index is 12.8. The molecule has 0 aromatic carbocycles. The Labute approximate surface area is 512 Å². The first-order valence-corrected chi connectivity index (χ1v) is 28.9. The summed E-state index contributed by atoms with van der Waals surface area (Å²) in [5, 5.41) is 209. The predicted molar refractivity (Wildman–Crippen MR) is 282 cm³/mol. The molecule has 0 spiro atoms. The molecule has 0 aliphatic carbocycles. The van der Waals surface area contributed by atoms with Crippen molar-refractivity contribution in [2.45, 2.75) is 249 Å². The zero-order valence-electron chi connectivity index (χ0n) is 49.1. The van der Waals surface area contributed by atoms with Crippen LogP contribution >= 0.6 is 0 Å². The minimum atomic E-state index is -2.42. The van der Waals surface area contributed by atoms with Gasteiger partial charge in [-0.15, -0.1) is 0 Å². The lowest BCUT2D eigenvalue weighted by molar-refractivity contribution is -0.395. The molecule has 39 nitrogen and oxygen atoms in total. The molecule has 39 heteroatoms. The number of carbonyl (C=O) groups is 4. The van der Waals surface area contributed by atoms with Crippen molar-refractivity contribution in [2.75, 3.05) is 46.2 Å². The number of hydrogen-bond donors (Lipinski definition) is 22. The molecule has 90 heavy (non-hydrogen) atoms. The molecule has 0 aromatic heterocycles. The first-order chi connectivity index (χ1) is 42.5. The third-order valence-corrected chi connectivity index (χ3v) is 16.4. The highest BCUT2D eigenvalue weighted by Gasteiger charge is 2.59. The predicted octanol–water partition coefficient (Wildman–Crippen LogP) is -14.6. The van der Waals surface area contributed by atoms with Crippen LogP contribution in [0.4, 0.5) is 0 Å². The van der Waals surface area contributed by atoms with E-state index in [0.717, 1.165) is 27.7 Å². The van der Waals surface area contributed by atoms with E-state index in [1.165, 1.54) is 6.92 Å². The topological polar surface area (TPSA) is 601 Å². The van der Waals surface area contributed by atoms with Crippen molar-refractivity contribution in [3.8, 4) is 0 Å². The second-order valence-corrected chi connectivity index (χ2v) is 22.9. The number of amides is 4. The standard InChI is InChI=1S/C51H86N4O35/c1-13-25(52-14(2)62)36(73)41(22(10-60)79-13)86-48-28(55-17(5)65)37(74)42(23(11-61)84-48)87-49-40(77)43(88-51-45(39(76)32(69)21(9-59)83-51)90-47-27(54-16(4)64)35(72)30(67)19(7-57)81-47)33(70)24(85-49)12-78-50-44(38(75)31(68)20(8-58)82-50)89-46-26(53-15(3)63)34(71)29(66)18(6-56)80-46/h13,18-51,56-61,66-77H,6-12H2,1-5H3,(H,52,62)(H,53,63)(H,54,64)(H,55,65)/t13-,18-,19?,20?,21?,22?,23?,24?,25+,26?,27?,28-,29+,30+,31+,32+,33+,34?,35+,36?,37?,38-,39?,40+,41+,42+,43?,44?,45?,46-,47-,48-,49-,50-,51+/m0/s1. The highest BCUT2D eigenvalue weighted by Crippen LogP contribution is 2.38. The first-order valence-electron chi connectivity index (χ1n) is 28.9. The third kappa shape index (κ3) is 16.5. The lowest BCUT2D eigenvalue weighted by Gasteiger charge is -2.51. The van der Waals surface area contributed by atoms with E-state index >= 15 is 0 Å². The summed E-state index contributed by atoms with van der Waals surface area (Å²) in [4.78, 5) is 49.7. The van der Waals surface area contributed by atoms with Crippen LogP contribution in [0.3, 0.4) is 0 Å². The Kier molecular flexibility index (Phi) is 26.6. The van der Waals surface area contributed by atoms with Gasteiger partial charge in [0.25, 0.3) is 0 Å². The van der Waals surface area contributed by atoms with Gasteiger partial charge < -0.3 is 175 Å². The number of hydrogen-bond acceptors (Lipinski definition) is 35. The number of carbonyl (C=O) groups excluding carboxylic acids is 4. The summed E-state index contributed by atoms with van der Waals surface area (Å²) in [5.41, 5.74) is 0. The molecule has 7 aliphatic heterocycles. The molecule has 7 heterocycles. The monoisotopic (exact) mass is 1310 g/mol. The molecule has 22 N–H and O–H groups in total. The first kappa shape index (κ1) is 74.0. The number of aliphatic hydroxyl groups excluding tert-OH is 18. The van der Waals surface area contributed by atoms with Gasteiger partial charge in [-0.1, -0.05) is 0 Å². The van der Waals surface area contributed by atoms with Crippen molar-refractivity contribution >= 4 is 23.6 Å². The van der Waals surface area contributed by atoms with E-state index in [-0.39, 0.29) is 0 Å². The van der Waals surface area contributed by atoms with Gasteiger partial charge in [0, 0.05) is 27.7 Å². The van der Waals surface area contributed by atoms with Gasteiger partial charge in [-0.3, -0.25) is 19.2 Å². The van der Waals surface area contributed by atoms with Crippen LogP contribution in [0.15, 0.2) is 0 Å². The molecule has 0 saturated carbocycles. The number of ether oxygens (including phenoxy) is 13. The number of aliphatic hydroxyl groups is 18. The van der Waals surface area contributed by atoms with E-state index in [2.05, 4.69) is 21.3 Å². The van der Waals surface area contributed by atoms with Gasteiger partial charge in [0.05, 0.1) is 58.4 Å². The molecule has 0 bridgehead atoms.